The van der Waals surface area contributed by atoms with Gasteiger partial charge in [0.2, 0.25) is 5.28 Å². The van der Waals surface area contributed by atoms with E-state index in [2.05, 4.69) is 23.8 Å². The summed E-state index contributed by atoms with van der Waals surface area (Å²) < 4.78 is 6.48. The average molecular weight is 304 g/mol. The quantitative estimate of drug-likeness (QED) is 0.537. The van der Waals surface area contributed by atoms with Crippen molar-refractivity contribution in [2.24, 2.45) is 0 Å². The van der Waals surface area contributed by atoms with Gasteiger partial charge in [0.05, 0.1) is 23.9 Å². The number of hydrogen-bond donors (Lipinski definition) is 0. The SMILES string of the molecule is COC(=O)c1ccc2c(c1)nc(Cl)n1cc(C(C)C)nc21. The number of aromatic nitrogens is 3. The number of methoxy groups -OCH3 is 1. The number of benzene rings is 1. The van der Waals surface area contributed by atoms with Gasteiger partial charge in [-0.15, -0.1) is 0 Å². The molecule has 3 rings (SSSR count). The zero-order chi connectivity index (χ0) is 15.1. The van der Waals surface area contributed by atoms with Crippen molar-refractivity contribution in [2.75, 3.05) is 7.11 Å². The Bertz CT molecular complexity index is 855. The van der Waals surface area contributed by atoms with Crippen LogP contribution < -0.4 is 0 Å². The third-order valence-electron chi connectivity index (χ3n) is 3.39. The summed E-state index contributed by atoms with van der Waals surface area (Å²) in [6.45, 7) is 4.14. The fourth-order valence-corrected chi connectivity index (χ4v) is 2.44. The van der Waals surface area contributed by atoms with E-state index in [1.54, 1.807) is 16.5 Å². The highest BCUT2D eigenvalue weighted by Gasteiger charge is 2.14. The lowest BCUT2D eigenvalue weighted by atomic mass is 10.1. The van der Waals surface area contributed by atoms with Gasteiger partial charge in [-0.3, -0.25) is 4.40 Å². The Hall–Kier alpha value is -2.14. The Labute approximate surface area is 126 Å². The first-order valence-corrected chi connectivity index (χ1v) is 6.95. The summed E-state index contributed by atoms with van der Waals surface area (Å²) in [5.74, 6) is -0.105. The topological polar surface area (TPSA) is 56.5 Å². The van der Waals surface area contributed by atoms with Gasteiger partial charge in [0.25, 0.3) is 0 Å². The van der Waals surface area contributed by atoms with Crippen molar-refractivity contribution in [3.05, 3.63) is 40.9 Å². The number of fused-ring (bicyclic) bond motifs is 3. The molecule has 6 heteroatoms. The number of carbonyl (C=O) groups excluding carboxylic acids is 1. The second-order valence-corrected chi connectivity index (χ2v) is 5.46. The van der Waals surface area contributed by atoms with Crippen LogP contribution in [0.2, 0.25) is 5.28 Å². The van der Waals surface area contributed by atoms with E-state index < -0.39 is 5.97 Å². The standard InChI is InChI=1S/C15H14ClN3O2/c1-8(2)12-7-19-13(17-12)10-5-4-9(14(20)21-3)6-11(10)18-15(19)16/h4-8H,1-3H3. The van der Waals surface area contributed by atoms with Gasteiger partial charge in [-0.05, 0) is 35.7 Å². The van der Waals surface area contributed by atoms with E-state index in [0.717, 1.165) is 16.7 Å². The van der Waals surface area contributed by atoms with Crippen LogP contribution in [0, 0.1) is 0 Å². The molecule has 0 radical (unpaired) electrons. The number of rotatable bonds is 2. The number of imidazole rings is 1. The van der Waals surface area contributed by atoms with Gasteiger partial charge < -0.3 is 4.74 Å². The van der Waals surface area contributed by atoms with Crippen LogP contribution in [0.15, 0.2) is 24.4 Å². The highest BCUT2D eigenvalue weighted by atomic mass is 35.5. The number of hydrogen-bond acceptors (Lipinski definition) is 4. The van der Waals surface area contributed by atoms with E-state index in [1.807, 2.05) is 12.3 Å². The van der Waals surface area contributed by atoms with Crippen LogP contribution >= 0.6 is 11.6 Å². The number of ether oxygens (including phenoxy) is 1. The maximum atomic E-state index is 11.6. The van der Waals surface area contributed by atoms with Crippen molar-refractivity contribution >= 4 is 34.1 Å². The minimum Gasteiger partial charge on any atom is -0.465 e. The maximum absolute atomic E-state index is 11.6. The molecule has 0 fully saturated rings. The fraction of sp³-hybridized carbons (Fsp3) is 0.267. The molecule has 3 aromatic rings. The van der Waals surface area contributed by atoms with Crippen LogP contribution in [0.3, 0.4) is 0 Å². The molecule has 2 aromatic heterocycles. The molecule has 1 aromatic carbocycles. The van der Waals surface area contributed by atoms with Crippen molar-refractivity contribution in [3.63, 3.8) is 0 Å². The van der Waals surface area contributed by atoms with Crippen LogP contribution in [0.1, 0.15) is 35.8 Å². The Balaban J connectivity index is 2.31. The molecule has 0 aliphatic carbocycles. The van der Waals surface area contributed by atoms with Gasteiger partial charge in [-0.1, -0.05) is 13.8 Å². The summed E-state index contributed by atoms with van der Waals surface area (Å²) in [5.41, 5.74) is 2.75. The first kappa shape index (κ1) is 13.8. The maximum Gasteiger partial charge on any atom is 0.337 e. The largest absolute Gasteiger partial charge is 0.465 e. The molecule has 0 bridgehead atoms. The van der Waals surface area contributed by atoms with E-state index in [4.69, 9.17) is 16.3 Å². The van der Waals surface area contributed by atoms with E-state index >= 15 is 0 Å². The van der Waals surface area contributed by atoms with Gasteiger partial charge in [0.15, 0.2) is 0 Å². The molecule has 0 aliphatic heterocycles. The van der Waals surface area contributed by atoms with Crippen LogP contribution in [-0.4, -0.2) is 27.4 Å². The molecule has 0 amide bonds. The van der Waals surface area contributed by atoms with E-state index in [9.17, 15) is 4.79 Å². The van der Waals surface area contributed by atoms with Crippen molar-refractivity contribution in [2.45, 2.75) is 19.8 Å². The summed E-state index contributed by atoms with van der Waals surface area (Å²) in [6, 6.07) is 5.18. The molecule has 2 heterocycles. The first-order chi connectivity index (χ1) is 10.0. The lowest BCUT2D eigenvalue weighted by molar-refractivity contribution is 0.0601. The zero-order valence-electron chi connectivity index (χ0n) is 11.9. The van der Waals surface area contributed by atoms with E-state index in [1.165, 1.54) is 7.11 Å². The predicted octanol–water partition coefficient (Wildman–Crippen LogP) is 3.45. The highest BCUT2D eigenvalue weighted by Crippen LogP contribution is 2.25. The van der Waals surface area contributed by atoms with Crippen LogP contribution in [0.25, 0.3) is 16.6 Å². The summed E-state index contributed by atoms with van der Waals surface area (Å²) in [5, 5.41) is 1.16. The average Bonchev–Trinajstić information content (AvgIpc) is 2.92. The Morgan fingerprint density at radius 1 is 1.33 bits per heavy atom. The molecular formula is C15H14ClN3O2. The van der Waals surface area contributed by atoms with Crippen LogP contribution in [-0.2, 0) is 4.74 Å². The minimum atomic E-state index is -0.402. The number of halogens is 1. The molecule has 0 atom stereocenters. The third-order valence-corrected chi connectivity index (χ3v) is 3.65. The van der Waals surface area contributed by atoms with E-state index in [-0.39, 0.29) is 0 Å². The van der Waals surface area contributed by atoms with Gasteiger partial charge in [0.1, 0.15) is 5.65 Å². The molecule has 0 N–H and O–H groups in total. The van der Waals surface area contributed by atoms with Crippen molar-refractivity contribution in [1.82, 2.24) is 14.4 Å². The van der Waals surface area contributed by atoms with Gasteiger partial charge >= 0.3 is 5.97 Å². The van der Waals surface area contributed by atoms with Gasteiger partial charge in [-0.2, -0.15) is 0 Å². The molecule has 0 saturated heterocycles. The Kier molecular flexibility index (Phi) is 3.29. The smallest absolute Gasteiger partial charge is 0.337 e. The summed E-state index contributed by atoms with van der Waals surface area (Å²) in [7, 11) is 1.35. The zero-order valence-corrected chi connectivity index (χ0v) is 12.7. The van der Waals surface area contributed by atoms with Crippen LogP contribution in [0.4, 0.5) is 0 Å². The van der Waals surface area contributed by atoms with Gasteiger partial charge in [0, 0.05) is 11.6 Å². The number of carbonyl (C=O) groups is 1. The fourth-order valence-electron chi connectivity index (χ4n) is 2.22. The van der Waals surface area contributed by atoms with Crippen molar-refractivity contribution < 1.29 is 9.53 Å². The molecule has 0 unspecified atom stereocenters. The molecule has 21 heavy (non-hydrogen) atoms. The van der Waals surface area contributed by atoms with Crippen molar-refractivity contribution in [3.8, 4) is 0 Å². The third kappa shape index (κ3) is 2.23. The highest BCUT2D eigenvalue weighted by molar-refractivity contribution is 6.29. The molecular weight excluding hydrogens is 290 g/mol. The number of esters is 1. The monoisotopic (exact) mass is 303 g/mol. The summed E-state index contributed by atoms with van der Waals surface area (Å²) in [4.78, 5) is 20.5. The molecule has 108 valence electrons. The molecule has 0 spiro atoms. The van der Waals surface area contributed by atoms with E-state index in [0.29, 0.717) is 22.3 Å². The first-order valence-electron chi connectivity index (χ1n) is 6.58. The molecule has 0 aliphatic rings. The second kappa shape index (κ2) is 5.00. The van der Waals surface area contributed by atoms with Crippen LogP contribution in [0.5, 0.6) is 0 Å². The Morgan fingerprint density at radius 3 is 2.76 bits per heavy atom. The Morgan fingerprint density at radius 2 is 2.10 bits per heavy atom. The predicted molar refractivity (Wildman–Crippen MR) is 80.9 cm³/mol. The van der Waals surface area contributed by atoms with Gasteiger partial charge in [-0.25, -0.2) is 14.8 Å². The molecule has 5 nitrogen and oxygen atoms in total. The lowest BCUT2D eigenvalue weighted by Crippen LogP contribution is -2.01. The van der Waals surface area contributed by atoms with Crippen molar-refractivity contribution in [1.29, 1.82) is 0 Å². The second-order valence-electron chi connectivity index (χ2n) is 5.12. The number of nitrogens with zero attached hydrogens (tertiary/aromatic N) is 3. The normalized spacial score (nSPS) is 11.5. The molecule has 0 saturated carbocycles. The summed E-state index contributed by atoms with van der Waals surface area (Å²) >= 11 is 6.22. The minimum absolute atomic E-state index is 0.297. The summed E-state index contributed by atoms with van der Waals surface area (Å²) in [6.07, 6.45) is 1.89. The lowest BCUT2D eigenvalue weighted by Gasteiger charge is -2.04.